The molecule has 1 aliphatic rings. The molecule has 1 saturated heterocycles. The number of hydrogen-bond acceptors (Lipinski definition) is 3. The molecule has 1 aliphatic heterocycles. The maximum Gasteiger partial charge on any atom is 0.150 e. The van der Waals surface area contributed by atoms with Crippen LogP contribution >= 0.6 is 0 Å². The van der Waals surface area contributed by atoms with E-state index >= 15 is 0 Å². The minimum absolute atomic E-state index is 0.110. The summed E-state index contributed by atoms with van der Waals surface area (Å²) < 4.78 is 7.63. The van der Waals surface area contributed by atoms with Crippen LogP contribution in [0.15, 0.2) is 36.8 Å². The summed E-state index contributed by atoms with van der Waals surface area (Å²) in [6, 6.07) is 5.95. The third kappa shape index (κ3) is 2.22. The zero-order valence-electron chi connectivity index (χ0n) is 9.62. The van der Waals surface area contributed by atoms with Gasteiger partial charge in [-0.15, -0.1) is 0 Å². The Morgan fingerprint density at radius 3 is 2.82 bits per heavy atom. The van der Waals surface area contributed by atoms with Crippen molar-refractivity contribution in [2.75, 3.05) is 6.61 Å². The summed E-state index contributed by atoms with van der Waals surface area (Å²) in [4.78, 5) is 4.01. The van der Waals surface area contributed by atoms with E-state index in [1.807, 2.05) is 29.1 Å². The van der Waals surface area contributed by atoms with Crippen molar-refractivity contribution >= 4 is 0 Å². The zero-order valence-corrected chi connectivity index (χ0v) is 9.62. The van der Waals surface area contributed by atoms with Crippen molar-refractivity contribution in [1.29, 1.82) is 0 Å². The first-order valence-electron chi connectivity index (χ1n) is 6.01. The van der Waals surface area contributed by atoms with Crippen molar-refractivity contribution < 1.29 is 4.74 Å². The van der Waals surface area contributed by atoms with Crippen LogP contribution in [0.5, 0.6) is 0 Å². The molecule has 2 aromatic rings. The highest BCUT2D eigenvalue weighted by Gasteiger charge is 2.16. The fourth-order valence-corrected chi connectivity index (χ4v) is 2.11. The number of pyridine rings is 1. The van der Waals surface area contributed by atoms with Crippen molar-refractivity contribution in [2.24, 2.45) is 0 Å². The first-order valence-corrected chi connectivity index (χ1v) is 6.01. The van der Waals surface area contributed by atoms with Gasteiger partial charge in [0.25, 0.3) is 0 Å². The van der Waals surface area contributed by atoms with Gasteiger partial charge in [-0.05, 0) is 37.5 Å². The van der Waals surface area contributed by atoms with Crippen molar-refractivity contribution in [3.63, 3.8) is 0 Å². The second kappa shape index (κ2) is 4.67. The first kappa shape index (κ1) is 10.5. The Kier molecular flexibility index (Phi) is 2.88. The third-order valence-corrected chi connectivity index (χ3v) is 3.04. The Labute approximate surface area is 100 Å². The molecule has 0 saturated carbocycles. The fourth-order valence-electron chi connectivity index (χ4n) is 2.11. The SMILES string of the molecule is c1cc(-c2ccn(C3CCCCO3)n2)ccn1. The molecule has 4 heteroatoms. The second-order valence-corrected chi connectivity index (χ2v) is 4.24. The maximum absolute atomic E-state index is 5.70. The zero-order chi connectivity index (χ0) is 11.5. The monoisotopic (exact) mass is 229 g/mol. The summed E-state index contributed by atoms with van der Waals surface area (Å²) in [7, 11) is 0. The van der Waals surface area contributed by atoms with Crippen molar-refractivity contribution in [2.45, 2.75) is 25.5 Å². The molecule has 3 heterocycles. The summed E-state index contributed by atoms with van der Waals surface area (Å²) in [5.74, 6) is 0. The standard InChI is InChI=1S/C13H15N3O/c1-2-10-17-13(3-1)16-9-6-12(15-16)11-4-7-14-8-5-11/h4-9,13H,1-3,10H2. The summed E-state index contributed by atoms with van der Waals surface area (Å²) >= 11 is 0. The fraction of sp³-hybridized carbons (Fsp3) is 0.385. The molecular weight excluding hydrogens is 214 g/mol. The van der Waals surface area contributed by atoms with E-state index in [1.54, 1.807) is 12.4 Å². The lowest BCUT2D eigenvalue weighted by Crippen LogP contribution is -2.18. The van der Waals surface area contributed by atoms with Gasteiger partial charge >= 0.3 is 0 Å². The topological polar surface area (TPSA) is 39.9 Å². The van der Waals surface area contributed by atoms with Gasteiger partial charge in [-0.25, -0.2) is 4.68 Å². The summed E-state index contributed by atoms with van der Waals surface area (Å²) in [6.07, 6.45) is 9.10. The molecular formula is C13H15N3O. The number of aromatic nitrogens is 3. The van der Waals surface area contributed by atoms with E-state index in [0.29, 0.717) is 0 Å². The van der Waals surface area contributed by atoms with Crippen LogP contribution in [0.4, 0.5) is 0 Å². The Morgan fingerprint density at radius 2 is 2.06 bits per heavy atom. The highest BCUT2D eigenvalue weighted by atomic mass is 16.5. The molecule has 88 valence electrons. The van der Waals surface area contributed by atoms with Crippen LogP contribution in [0.3, 0.4) is 0 Å². The van der Waals surface area contributed by atoms with E-state index in [9.17, 15) is 0 Å². The second-order valence-electron chi connectivity index (χ2n) is 4.24. The van der Waals surface area contributed by atoms with Gasteiger partial charge in [-0.2, -0.15) is 5.10 Å². The van der Waals surface area contributed by atoms with Crippen LogP contribution in [0.1, 0.15) is 25.5 Å². The summed E-state index contributed by atoms with van der Waals surface area (Å²) in [5.41, 5.74) is 2.07. The van der Waals surface area contributed by atoms with E-state index in [-0.39, 0.29) is 6.23 Å². The highest BCUT2D eigenvalue weighted by Crippen LogP contribution is 2.23. The molecule has 0 radical (unpaired) electrons. The van der Waals surface area contributed by atoms with Crippen LogP contribution in [-0.2, 0) is 4.74 Å². The van der Waals surface area contributed by atoms with Gasteiger partial charge in [0, 0.05) is 30.8 Å². The van der Waals surface area contributed by atoms with Crippen molar-refractivity contribution in [3.05, 3.63) is 36.8 Å². The van der Waals surface area contributed by atoms with Gasteiger partial charge in [0.1, 0.15) is 6.23 Å². The average Bonchev–Trinajstić information content (AvgIpc) is 2.90. The smallest absolute Gasteiger partial charge is 0.150 e. The molecule has 0 N–H and O–H groups in total. The third-order valence-electron chi connectivity index (χ3n) is 3.04. The molecule has 1 atom stereocenters. The molecule has 3 rings (SSSR count). The quantitative estimate of drug-likeness (QED) is 0.794. The van der Waals surface area contributed by atoms with Crippen molar-refractivity contribution in [1.82, 2.24) is 14.8 Å². The predicted molar refractivity (Wildman–Crippen MR) is 64.3 cm³/mol. The first-order chi connectivity index (χ1) is 8.43. The van der Waals surface area contributed by atoms with E-state index in [2.05, 4.69) is 10.1 Å². The summed E-state index contributed by atoms with van der Waals surface area (Å²) in [6.45, 7) is 0.842. The average molecular weight is 229 g/mol. The van der Waals surface area contributed by atoms with Gasteiger partial charge in [0.05, 0.1) is 5.69 Å². The Morgan fingerprint density at radius 1 is 1.18 bits per heavy atom. The van der Waals surface area contributed by atoms with Crippen LogP contribution in [-0.4, -0.2) is 21.4 Å². The van der Waals surface area contributed by atoms with Gasteiger partial charge < -0.3 is 4.74 Å². The van der Waals surface area contributed by atoms with E-state index < -0.39 is 0 Å². The highest BCUT2D eigenvalue weighted by molar-refractivity contribution is 5.57. The predicted octanol–water partition coefficient (Wildman–Crippen LogP) is 2.64. The lowest BCUT2D eigenvalue weighted by Gasteiger charge is -2.22. The number of hydrogen-bond donors (Lipinski definition) is 0. The number of rotatable bonds is 2. The molecule has 0 aromatic carbocycles. The molecule has 4 nitrogen and oxygen atoms in total. The van der Waals surface area contributed by atoms with Crippen LogP contribution in [0.2, 0.25) is 0 Å². The molecule has 0 amide bonds. The molecule has 0 aliphatic carbocycles. The van der Waals surface area contributed by atoms with Crippen molar-refractivity contribution in [3.8, 4) is 11.3 Å². The Balaban J connectivity index is 1.83. The van der Waals surface area contributed by atoms with E-state index in [0.717, 1.165) is 30.7 Å². The van der Waals surface area contributed by atoms with Gasteiger partial charge in [-0.3, -0.25) is 4.98 Å². The largest absolute Gasteiger partial charge is 0.357 e. The maximum atomic E-state index is 5.70. The van der Waals surface area contributed by atoms with Crippen LogP contribution in [0, 0.1) is 0 Å². The van der Waals surface area contributed by atoms with Gasteiger partial charge in [0.2, 0.25) is 0 Å². The molecule has 0 spiro atoms. The minimum atomic E-state index is 0.110. The van der Waals surface area contributed by atoms with E-state index in [1.165, 1.54) is 6.42 Å². The molecule has 17 heavy (non-hydrogen) atoms. The Hall–Kier alpha value is -1.68. The molecule has 1 unspecified atom stereocenters. The van der Waals surface area contributed by atoms with Gasteiger partial charge in [0.15, 0.2) is 0 Å². The molecule has 2 aromatic heterocycles. The van der Waals surface area contributed by atoms with Crippen LogP contribution < -0.4 is 0 Å². The summed E-state index contributed by atoms with van der Waals surface area (Å²) in [5, 5.41) is 4.57. The number of ether oxygens (including phenoxy) is 1. The van der Waals surface area contributed by atoms with Gasteiger partial charge in [-0.1, -0.05) is 0 Å². The number of nitrogens with zero attached hydrogens (tertiary/aromatic N) is 3. The lowest BCUT2D eigenvalue weighted by atomic mass is 10.2. The van der Waals surface area contributed by atoms with E-state index in [4.69, 9.17) is 4.74 Å². The molecule has 1 fully saturated rings. The molecule has 0 bridgehead atoms. The Bertz CT molecular complexity index is 474. The normalized spacial score (nSPS) is 20.4. The lowest BCUT2D eigenvalue weighted by molar-refractivity contribution is -0.0393. The minimum Gasteiger partial charge on any atom is -0.357 e. The van der Waals surface area contributed by atoms with Crippen LogP contribution in [0.25, 0.3) is 11.3 Å².